The maximum Gasteiger partial charge on any atom is 0.312 e. The monoisotopic (exact) mass is 460 g/mol. The number of para-hydroxylation sites is 1. The van der Waals surface area contributed by atoms with Crippen molar-refractivity contribution in [2.45, 2.75) is 33.9 Å². The van der Waals surface area contributed by atoms with Gasteiger partial charge in [0, 0.05) is 12.1 Å². The van der Waals surface area contributed by atoms with Crippen LogP contribution >= 0.6 is 0 Å². The second kappa shape index (κ2) is 9.26. The summed E-state index contributed by atoms with van der Waals surface area (Å²) in [6.45, 7) is 6.11. The fourth-order valence-corrected chi connectivity index (χ4v) is 3.93. The van der Waals surface area contributed by atoms with E-state index >= 15 is 0 Å². The molecule has 0 saturated heterocycles. The Morgan fingerprint density at radius 1 is 1.15 bits per heavy atom. The van der Waals surface area contributed by atoms with Crippen LogP contribution in [-0.2, 0) is 13.1 Å². The molecule has 0 spiro atoms. The number of aryl methyl sites for hydroxylation is 1. The Morgan fingerprint density at radius 2 is 1.85 bits per heavy atom. The molecule has 1 N–H and O–H groups in total. The maximum absolute atomic E-state index is 13.1. The molecule has 4 aromatic rings. The number of hydrogen-bond acceptors (Lipinski definition) is 6. The lowest BCUT2D eigenvalue weighted by Gasteiger charge is -2.20. The van der Waals surface area contributed by atoms with Gasteiger partial charge < -0.3 is 9.88 Å². The number of amides is 1. The average Bonchev–Trinajstić information content (AvgIpc) is 3.10. The molecule has 0 atom stereocenters. The molecule has 0 unspecified atom stereocenters. The predicted molar refractivity (Wildman–Crippen MR) is 127 cm³/mol. The molecule has 34 heavy (non-hydrogen) atoms. The van der Waals surface area contributed by atoms with E-state index < -0.39 is 4.92 Å². The molecule has 0 radical (unpaired) electrons. The first-order valence-corrected chi connectivity index (χ1v) is 10.8. The largest absolute Gasteiger partial charge is 0.331 e. The maximum atomic E-state index is 13.1. The summed E-state index contributed by atoms with van der Waals surface area (Å²) in [4.78, 5) is 45.1. The Hall–Kier alpha value is -4.34. The van der Waals surface area contributed by atoms with Gasteiger partial charge in [0.25, 0.3) is 11.5 Å². The van der Waals surface area contributed by atoms with E-state index in [4.69, 9.17) is 0 Å². The van der Waals surface area contributed by atoms with Crippen LogP contribution in [0.2, 0.25) is 0 Å². The molecule has 2 aromatic carbocycles. The van der Waals surface area contributed by atoms with Crippen molar-refractivity contribution in [3.8, 4) is 0 Å². The number of H-pyrrole nitrogens is 1. The number of carbonyl (C=O) groups excluding carboxylic acids is 1. The van der Waals surface area contributed by atoms with Crippen LogP contribution in [0, 0.1) is 24.0 Å². The third-order valence-electron chi connectivity index (χ3n) is 5.73. The van der Waals surface area contributed by atoms with Gasteiger partial charge in [-0.2, -0.15) is 5.10 Å². The van der Waals surface area contributed by atoms with Crippen molar-refractivity contribution in [1.82, 2.24) is 24.6 Å². The van der Waals surface area contributed by atoms with Crippen LogP contribution in [0.4, 0.5) is 5.69 Å². The van der Waals surface area contributed by atoms with Gasteiger partial charge in [-0.3, -0.25) is 24.4 Å². The first-order valence-electron chi connectivity index (χ1n) is 10.8. The van der Waals surface area contributed by atoms with E-state index in [1.165, 1.54) is 0 Å². The molecule has 0 aliphatic carbocycles. The van der Waals surface area contributed by atoms with E-state index in [0.29, 0.717) is 46.8 Å². The summed E-state index contributed by atoms with van der Waals surface area (Å²) in [5.74, 6) is 0.230. The summed E-state index contributed by atoms with van der Waals surface area (Å²) >= 11 is 0. The summed E-state index contributed by atoms with van der Waals surface area (Å²) in [5.41, 5.74) is 2.57. The summed E-state index contributed by atoms with van der Waals surface area (Å²) < 4.78 is 1.59. The first kappa shape index (κ1) is 22.8. The van der Waals surface area contributed by atoms with Crippen molar-refractivity contribution in [2.75, 3.05) is 6.54 Å². The molecule has 0 aliphatic rings. The van der Waals surface area contributed by atoms with Gasteiger partial charge >= 0.3 is 5.69 Å². The van der Waals surface area contributed by atoms with Crippen molar-refractivity contribution in [1.29, 1.82) is 0 Å². The Bertz CT molecular complexity index is 1440. The Balaban J connectivity index is 1.51. The van der Waals surface area contributed by atoms with E-state index in [0.717, 1.165) is 5.56 Å². The zero-order valence-corrected chi connectivity index (χ0v) is 19.1. The highest BCUT2D eigenvalue weighted by molar-refractivity contribution is 5.94. The second-order valence-corrected chi connectivity index (χ2v) is 7.98. The zero-order chi connectivity index (χ0) is 24.4. The van der Waals surface area contributed by atoms with Crippen LogP contribution < -0.4 is 5.56 Å². The number of aromatic nitrogens is 4. The summed E-state index contributed by atoms with van der Waals surface area (Å²) in [5, 5.41) is 16.0. The van der Waals surface area contributed by atoms with Gasteiger partial charge in [-0.15, -0.1) is 0 Å². The summed E-state index contributed by atoms with van der Waals surface area (Å²) in [6.07, 6.45) is 0. The summed E-state index contributed by atoms with van der Waals surface area (Å²) in [6, 6.07) is 14.1. The fraction of sp³-hybridized carbons (Fsp3) is 0.250. The molecular weight excluding hydrogens is 436 g/mol. The van der Waals surface area contributed by atoms with E-state index in [2.05, 4.69) is 15.1 Å². The second-order valence-electron chi connectivity index (χ2n) is 7.98. The average molecular weight is 460 g/mol. The predicted octanol–water partition coefficient (Wildman–Crippen LogP) is 3.36. The highest BCUT2D eigenvalue weighted by atomic mass is 16.6. The van der Waals surface area contributed by atoms with E-state index in [1.807, 2.05) is 13.0 Å². The van der Waals surface area contributed by atoms with E-state index in [9.17, 15) is 19.7 Å². The number of nitrogens with zero attached hydrogens (tertiary/aromatic N) is 5. The number of hydrogen-bond donors (Lipinski definition) is 1. The first-order chi connectivity index (χ1) is 16.3. The standard InChI is InChI=1S/C24H24N6O4/c1-4-28(14-21-25-20-8-6-5-7-19(20)23(31)26-21)24(32)18-11-9-17(10-12-18)13-29-16(3)22(30(33)34)15(2)27-29/h5-12H,4,13-14H2,1-3H3,(H,25,26,31). The molecule has 1 amide bonds. The van der Waals surface area contributed by atoms with Crippen molar-refractivity contribution in [3.05, 3.63) is 97.3 Å². The van der Waals surface area contributed by atoms with Crippen LogP contribution in [0.15, 0.2) is 53.3 Å². The van der Waals surface area contributed by atoms with Crippen LogP contribution in [0.5, 0.6) is 0 Å². The van der Waals surface area contributed by atoms with Gasteiger partial charge in [0.15, 0.2) is 0 Å². The molecule has 0 saturated carbocycles. The van der Waals surface area contributed by atoms with Crippen molar-refractivity contribution < 1.29 is 9.72 Å². The topological polar surface area (TPSA) is 127 Å². The lowest BCUT2D eigenvalue weighted by molar-refractivity contribution is -0.386. The van der Waals surface area contributed by atoms with E-state index in [1.54, 1.807) is 65.9 Å². The minimum absolute atomic E-state index is 0.0192. The van der Waals surface area contributed by atoms with Crippen LogP contribution in [0.25, 0.3) is 10.9 Å². The minimum atomic E-state index is -0.424. The molecule has 2 heterocycles. The number of nitro groups is 1. The summed E-state index contributed by atoms with van der Waals surface area (Å²) in [7, 11) is 0. The number of aromatic amines is 1. The number of rotatable bonds is 7. The highest BCUT2D eigenvalue weighted by Crippen LogP contribution is 2.22. The van der Waals surface area contributed by atoms with Gasteiger partial charge in [0.05, 0.1) is 28.9 Å². The smallest absolute Gasteiger partial charge is 0.312 e. The number of fused-ring (bicyclic) bond motifs is 1. The molecule has 10 nitrogen and oxygen atoms in total. The van der Waals surface area contributed by atoms with Crippen molar-refractivity contribution >= 4 is 22.5 Å². The molecular formula is C24H24N6O4. The molecule has 0 bridgehead atoms. The van der Waals surface area contributed by atoms with Gasteiger partial charge in [-0.25, -0.2) is 4.98 Å². The van der Waals surface area contributed by atoms with Gasteiger partial charge in [0.1, 0.15) is 17.2 Å². The lowest BCUT2D eigenvalue weighted by atomic mass is 10.1. The quantitative estimate of drug-likeness (QED) is 0.333. The SMILES string of the molecule is CCN(Cc1nc2ccccc2c(=O)[nH]1)C(=O)c1ccc(Cn2nc(C)c([N+](=O)[O-])c2C)cc1. The van der Waals surface area contributed by atoms with Gasteiger partial charge in [0.2, 0.25) is 0 Å². The Kier molecular flexibility index (Phi) is 6.22. The van der Waals surface area contributed by atoms with Crippen molar-refractivity contribution in [2.24, 2.45) is 0 Å². The Morgan fingerprint density at radius 3 is 2.50 bits per heavy atom. The molecule has 10 heteroatoms. The molecule has 0 aliphatic heterocycles. The molecule has 4 rings (SSSR count). The van der Waals surface area contributed by atoms with Crippen molar-refractivity contribution in [3.63, 3.8) is 0 Å². The number of nitrogens with one attached hydrogen (secondary N) is 1. The molecule has 2 aromatic heterocycles. The van der Waals surface area contributed by atoms with Crippen LogP contribution in [0.3, 0.4) is 0 Å². The fourth-order valence-electron chi connectivity index (χ4n) is 3.93. The molecule has 0 fully saturated rings. The number of carbonyl (C=O) groups is 1. The van der Waals surface area contributed by atoms with E-state index in [-0.39, 0.29) is 23.7 Å². The third-order valence-corrected chi connectivity index (χ3v) is 5.73. The highest BCUT2D eigenvalue weighted by Gasteiger charge is 2.22. The minimum Gasteiger partial charge on any atom is -0.331 e. The van der Waals surface area contributed by atoms with Crippen LogP contribution in [0.1, 0.15) is 40.1 Å². The van der Waals surface area contributed by atoms with Gasteiger partial charge in [-0.1, -0.05) is 24.3 Å². The number of benzene rings is 2. The Labute approximate surface area is 195 Å². The van der Waals surface area contributed by atoms with Gasteiger partial charge in [-0.05, 0) is 50.6 Å². The lowest BCUT2D eigenvalue weighted by Crippen LogP contribution is -2.32. The van der Waals surface area contributed by atoms with Crippen LogP contribution in [-0.4, -0.2) is 42.0 Å². The zero-order valence-electron chi connectivity index (χ0n) is 19.1. The third kappa shape index (κ3) is 4.42. The normalized spacial score (nSPS) is 11.0. The molecule has 174 valence electrons.